The Labute approximate surface area is 85.6 Å². The molecule has 0 rings (SSSR count). The fourth-order valence-corrected chi connectivity index (χ4v) is 0.959. The highest BCUT2D eigenvalue weighted by Gasteiger charge is 2.12. The topological polar surface area (TPSA) is 52.3 Å². The molecule has 0 aliphatic carbocycles. The van der Waals surface area contributed by atoms with Gasteiger partial charge in [0.05, 0.1) is 6.61 Å². The van der Waals surface area contributed by atoms with Crippen LogP contribution in [0.3, 0.4) is 0 Å². The van der Waals surface area contributed by atoms with E-state index in [1.54, 1.807) is 6.92 Å². The molecule has 2 atom stereocenters. The molecule has 0 saturated carbocycles. The van der Waals surface area contributed by atoms with Crippen LogP contribution in [0.25, 0.3) is 0 Å². The number of nitrogens with two attached hydrogens (primary N) is 1. The Morgan fingerprint density at radius 2 is 2.14 bits per heavy atom. The third-order valence-corrected chi connectivity index (χ3v) is 2.26. The number of allylic oxidation sites excluding steroid dienone is 2. The molecule has 0 aromatic rings. The Kier molecular flexibility index (Phi) is 5.68. The van der Waals surface area contributed by atoms with Gasteiger partial charge in [0.15, 0.2) is 0 Å². The highest BCUT2D eigenvalue weighted by Crippen LogP contribution is 2.17. The van der Waals surface area contributed by atoms with Gasteiger partial charge in [0.25, 0.3) is 0 Å². The van der Waals surface area contributed by atoms with Crippen LogP contribution in [0.5, 0.6) is 0 Å². The summed E-state index contributed by atoms with van der Waals surface area (Å²) in [6.07, 6.45) is 3.16. The monoisotopic (exact) mass is 197 g/mol. The van der Waals surface area contributed by atoms with Gasteiger partial charge in [-0.05, 0) is 12.8 Å². The summed E-state index contributed by atoms with van der Waals surface area (Å²) in [4.78, 5) is 11.1. The van der Waals surface area contributed by atoms with Gasteiger partial charge in [0, 0.05) is 17.7 Å². The summed E-state index contributed by atoms with van der Waals surface area (Å²) < 4.78 is 4.75. The molecule has 14 heavy (non-hydrogen) atoms. The van der Waals surface area contributed by atoms with Crippen LogP contribution in [0.2, 0.25) is 0 Å². The normalized spacial score (nSPS) is 15.8. The van der Waals surface area contributed by atoms with E-state index in [1.807, 2.05) is 19.9 Å². The zero-order valence-corrected chi connectivity index (χ0v) is 9.12. The Bertz CT molecular complexity index is 233. The van der Waals surface area contributed by atoms with Crippen LogP contribution in [0.4, 0.5) is 0 Å². The molecular weight excluding hydrogens is 178 g/mol. The van der Waals surface area contributed by atoms with Crippen molar-refractivity contribution in [3.05, 3.63) is 24.4 Å². The Hall–Kier alpha value is -1.25. The number of carbonyl (C=O) groups is 1. The van der Waals surface area contributed by atoms with E-state index in [0.717, 1.165) is 0 Å². The van der Waals surface area contributed by atoms with Crippen LogP contribution < -0.4 is 5.73 Å². The maximum atomic E-state index is 11.1. The summed E-state index contributed by atoms with van der Waals surface area (Å²) in [6.45, 7) is 9.77. The summed E-state index contributed by atoms with van der Waals surface area (Å²) in [7, 11) is 0. The molecule has 0 radical (unpaired) electrons. The average molecular weight is 197 g/mol. The van der Waals surface area contributed by atoms with Gasteiger partial charge in [-0.2, -0.15) is 0 Å². The molecule has 0 bridgehead atoms. The van der Waals surface area contributed by atoms with Crippen LogP contribution in [0.15, 0.2) is 24.4 Å². The minimum absolute atomic E-state index is 0.108. The lowest BCUT2D eigenvalue weighted by Crippen LogP contribution is -2.17. The molecule has 2 N–H and O–H groups in total. The van der Waals surface area contributed by atoms with Gasteiger partial charge in [-0.1, -0.05) is 19.9 Å². The van der Waals surface area contributed by atoms with E-state index in [2.05, 4.69) is 6.58 Å². The van der Waals surface area contributed by atoms with Crippen LogP contribution in [0.1, 0.15) is 20.8 Å². The molecule has 0 saturated heterocycles. The van der Waals surface area contributed by atoms with Gasteiger partial charge in [0.2, 0.25) is 0 Å². The smallest absolute Gasteiger partial charge is 0.332 e. The third kappa shape index (κ3) is 4.12. The number of carbonyl (C=O) groups excluding carboxylic acids is 1. The first-order valence-corrected chi connectivity index (χ1v) is 4.79. The van der Waals surface area contributed by atoms with E-state index in [0.29, 0.717) is 12.3 Å². The highest BCUT2D eigenvalue weighted by atomic mass is 16.5. The first-order chi connectivity index (χ1) is 6.52. The summed E-state index contributed by atoms with van der Waals surface area (Å²) in [5.74, 6) is -0.0225. The summed E-state index contributed by atoms with van der Waals surface area (Å²) in [6, 6.07) is 0. The number of hydrogen-bond acceptors (Lipinski definition) is 3. The fourth-order valence-electron chi connectivity index (χ4n) is 0.959. The molecule has 0 aliphatic heterocycles. The van der Waals surface area contributed by atoms with Crippen molar-refractivity contribution in [3.63, 3.8) is 0 Å². The van der Waals surface area contributed by atoms with Crippen LogP contribution >= 0.6 is 0 Å². The van der Waals surface area contributed by atoms with E-state index < -0.39 is 0 Å². The van der Waals surface area contributed by atoms with E-state index in [9.17, 15) is 4.79 Å². The van der Waals surface area contributed by atoms with Crippen molar-refractivity contribution in [2.75, 3.05) is 6.61 Å². The second kappa shape index (κ2) is 6.24. The maximum Gasteiger partial charge on any atom is 0.332 e. The molecule has 80 valence electrons. The predicted molar refractivity (Wildman–Crippen MR) is 57.4 cm³/mol. The molecule has 0 aromatic heterocycles. The Morgan fingerprint density at radius 3 is 2.57 bits per heavy atom. The molecule has 0 spiro atoms. The van der Waals surface area contributed by atoms with Gasteiger partial charge < -0.3 is 10.5 Å². The van der Waals surface area contributed by atoms with Gasteiger partial charge in [-0.3, -0.25) is 0 Å². The summed E-state index contributed by atoms with van der Waals surface area (Å²) in [5, 5.41) is 0. The zero-order chi connectivity index (χ0) is 11.1. The number of hydrogen-bond donors (Lipinski definition) is 1. The van der Waals surface area contributed by atoms with E-state index in [1.165, 1.54) is 6.08 Å². The SMILES string of the molecule is C=C[C@@H](C)[C@@H](C)C(N)=CC(=O)OCC. The second-order valence-electron chi connectivity index (χ2n) is 3.28. The van der Waals surface area contributed by atoms with Crippen molar-refractivity contribution in [1.29, 1.82) is 0 Å². The molecule has 0 aromatic carbocycles. The van der Waals surface area contributed by atoms with Gasteiger partial charge in [-0.25, -0.2) is 4.79 Å². The molecule has 0 aliphatic rings. The Morgan fingerprint density at radius 1 is 1.57 bits per heavy atom. The average Bonchev–Trinajstić information content (AvgIpc) is 2.15. The van der Waals surface area contributed by atoms with E-state index in [4.69, 9.17) is 10.5 Å². The van der Waals surface area contributed by atoms with Crippen LogP contribution in [0, 0.1) is 11.8 Å². The van der Waals surface area contributed by atoms with Gasteiger partial charge >= 0.3 is 5.97 Å². The lowest BCUT2D eigenvalue weighted by atomic mass is 9.93. The second-order valence-corrected chi connectivity index (χ2v) is 3.28. The lowest BCUT2D eigenvalue weighted by Gasteiger charge is -2.16. The number of ether oxygens (including phenoxy) is 1. The lowest BCUT2D eigenvalue weighted by molar-refractivity contribution is -0.137. The molecule has 0 unspecified atom stereocenters. The molecule has 0 amide bonds. The molecule has 3 nitrogen and oxygen atoms in total. The van der Waals surface area contributed by atoms with E-state index in [-0.39, 0.29) is 17.8 Å². The fraction of sp³-hybridized carbons (Fsp3) is 0.545. The van der Waals surface area contributed by atoms with Crippen LogP contribution in [-0.2, 0) is 9.53 Å². The first kappa shape index (κ1) is 12.8. The molecule has 0 heterocycles. The first-order valence-electron chi connectivity index (χ1n) is 4.79. The zero-order valence-electron chi connectivity index (χ0n) is 9.12. The minimum Gasteiger partial charge on any atom is -0.463 e. The largest absolute Gasteiger partial charge is 0.463 e. The quantitative estimate of drug-likeness (QED) is 0.416. The van der Waals surface area contributed by atoms with Crippen molar-refractivity contribution >= 4 is 5.97 Å². The molecule has 0 fully saturated rings. The van der Waals surface area contributed by atoms with E-state index >= 15 is 0 Å². The van der Waals surface area contributed by atoms with Crippen molar-refractivity contribution < 1.29 is 9.53 Å². The minimum atomic E-state index is -0.381. The molecule has 3 heteroatoms. The van der Waals surface area contributed by atoms with Gasteiger partial charge in [0.1, 0.15) is 0 Å². The Balaban J connectivity index is 4.36. The van der Waals surface area contributed by atoms with Gasteiger partial charge in [-0.15, -0.1) is 6.58 Å². The maximum absolute atomic E-state index is 11.1. The summed E-state index contributed by atoms with van der Waals surface area (Å²) >= 11 is 0. The standard InChI is InChI=1S/C11H19NO2/c1-5-8(3)9(4)10(12)7-11(13)14-6-2/h5,7-9H,1,6,12H2,2-4H3/t8-,9-/m1/s1. The third-order valence-electron chi connectivity index (χ3n) is 2.26. The number of rotatable bonds is 5. The highest BCUT2D eigenvalue weighted by molar-refractivity contribution is 5.82. The van der Waals surface area contributed by atoms with Crippen molar-refractivity contribution in [1.82, 2.24) is 0 Å². The van der Waals surface area contributed by atoms with Crippen molar-refractivity contribution in [3.8, 4) is 0 Å². The predicted octanol–water partition coefficient (Wildman–Crippen LogP) is 1.85. The van der Waals surface area contributed by atoms with Crippen LogP contribution in [-0.4, -0.2) is 12.6 Å². The summed E-state index contributed by atoms with van der Waals surface area (Å²) in [5.41, 5.74) is 6.28. The van der Waals surface area contributed by atoms with Crippen molar-refractivity contribution in [2.45, 2.75) is 20.8 Å². The number of esters is 1. The van der Waals surface area contributed by atoms with Crippen molar-refractivity contribution in [2.24, 2.45) is 17.6 Å². The molecular formula is C11H19NO2.